The molecule has 0 radical (unpaired) electrons. The van der Waals surface area contributed by atoms with Crippen molar-refractivity contribution in [3.8, 4) is 5.75 Å². The molecule has 2 aromatic rings. The number of rotatable bonds is 2. The van der Waals surface area contributed by atoms with Gasteiger partial charge in [-0.1, -0.05) is 35.3 Å². The van der Waals surface area contributed by atoms with Crippen molar-refractivity contribution in [1.82, 2.24) is 9.97 Å². The minimum atomic E-state index is 0.0993. The molecular weight excluding hydrogens is 249 g/mol. The van der Waals surface area contributed by atoms with Crippen molar-refractivity contribution in [3.05, 3.63) is 40.6 Å². The summed E-state index contributed by atoms with van der Waals surface area (Å²) in [5, 5.41) is 12.8. The van der Waals surface area contributed by atoms with Gasteiger partial charge < -0.3 is 10.4 Å². The number of phenols is 1. The van der Waals surface area contributed by atoms with E-state index in [9.17, 15) is 5.11 Å². The predicted molar refractivity (Wildman–Crippen MR) is 63.4 cm³/mol. The highest BCUT2D eigenvalue weighted by molar-refractivity contribution is 6.33. The van der Waals surface area contributed by atoms with E-state index in [1.54, 1.807) is 24.3 Å². The maximum Gasteiger partial charge on any atom is 0.230 e. The van der Waals surface area contributed by atoms with Gasteiger partial charge in [0.2, 0.25) is 5.95 Å². The number of aromatic hydroxyl groups is 1. The van der Waals surface area contributed by atoms with Gasteiger partial charge in [0, 0.05) is 6.07 Å². The standard InChI is InChI=1S/C10H7Cl2N3O/c11-8-5-9(12)15-10(14-8)13-6-3-1-2-4-7(6)16/h1-5,16H,(H,13,14,15). The smallest absolute Gasteiger partial charge is 0.230 e. The Morgan fingerprint density at radius 1 is 1.06 bits per heavy atom. The molecule has 0 saturated heterocycles. The first-order chi connectivity index (χ1) is 7.65. The summed E-state index contributed by atoms with van der Waals surface area (Å²) in [5.74, 6) is 0.334. The zero-order valence-corrected chi connectivity index (χ0v) is 9.50. The van der Waals surface area contributed by atoms with Crippen molar-refractivity contribution < 1.29 is 5.11 Å². The van der Waals surface area contributed by atoms with Crippen molar-refractivity contribution in [2.75, 3.05) is 5.32 Å². The number of hydrogen-bond acceptors (Lipinski definition) is 4. The summed E-state index contributed by atoms with van der Waals surface area (Å²) in [5.41, 5.74) is 0.487. The van der Waals surface area contributed by atoms with Crippen LogP contribution >= 0.6 is 23.2 Å². The summed E-state index contributed by atoms with van der Waals surface area (Å²) in [6.07, 6.45) is 0. The number of hydrogen-bond donors (Lipinski definition) is 2. The van der Waals surface area contributed by atoms with Gasteiger partial charge in [0.25, 0.3) is 0 Å². The Hall–Kier alpha value is -1.52. The maximum absolute atomic E-state index is 9.53. The largest absolute Gasteiger partial charge is 0.506 e. The van der Waals surface area contributed by atoms with E-state index in [-0.39, 0.29) is 22.0 Å². The number of para-hydroxylation sites is 2. The Morgan fingerprint density at radius 3 is 2.31 bits per heavy atom. The fourth-order valence-corrected chi connectivity index (χ4v) is 1.57. The zero-order valence-electron chi connectivity index (χ0n) is 7.98. The predicted octanol–water partition coefficient (Wildman–Crippen LogP) is 3.23. The van der Waals surface area contributed by atoms with E-state index >= 15 is 0 Å². The summed E-state index contributed by atoms with van der Waals surface area (Å²) >= 11 is 11.4. The summed E-state index contributed by atoms with van der Waals surface area (Å²) in [4.78, 5) is 7.84. The molecule has 1 aromatic carbocycles. The van der Waals surface area contributed by atoms with Crippen LogP contribution in [0.25, 0.3) is 0 Å². The van der Waals surface area contributed by atoms with Gasteiger partial charge in [0.15, 0.2) is 0 Å². The second-order valence-corrected chi connectivity index (χ2v) is 3.75. The number of aromatic nitrogens is 2. The van der Waals surface area contributed by atoms with Gasteiger partial charge in [0.1, 0.15) is 16.1 Å². The number of phenolic OH excluding ortho intramolecular Hbond substituents is 1. The van der Waals surface area contributed by atoms with Gasteiger partial charge >= 0.3 is 0 Å². The molecule has 0 fully saturated rings. The summed E-state index contributed by atoms with van der Waals surface area (Å²) in [6, 6.07) is 8.15. The average molecular weight is 256 g/mol. The van der Waals surface area contributed by atoms with Gasteiger partial charge in [-0.05, 0) is 12.1 Å². The number of nitrogens with one attached hydrogen (secondary N) is 1. The van der Waals surface area contributed by atoms with Crippen LogP contribution in [0.15, 0.2) is 30.3 Å². The molecule has 0 aliphatic heterocycles. The maximum atomic E-state index is 9.53. The van der Waals surface area contributed by atoms with E-state index in [0.717, 1.165) is 0 Å². The van der Waals surface area contributed by atoms with Crippen LogP contribution in [0.5, 0.6) is 5.75 Å². The van der Waals surface area contributed by atoms with Crippen LogP contribution in [-0.4, -0.2) is 15.1 Å². The van der Waals surface area contributed by atoms with Crippen molar-refractivity contribution in [2.24, 2.45) is 0 Å². The molecule has 16 heavy (non-hydrogen) atoms. The van der Waals surface area contributed by atoms with Crippen molar-refractivity contribution in [1.29, 1.82) is 0 Å². The first-order valence-corrected chi connectivity index (χ1v) is 5.16. The number of benzene rings is 1. The van der Waals surface area contributed by atoms with E-state index in [0.29, 0.717) is 5.69 Å². The van der Waals surface area contributed by atoms with Crippen LogP contribution in [0.1, 0.15) is 0 Å². The Bertz CT molecular complexity index is 499. The van der Waals surface area contributed by atoms with Crippen LogP contribution < -0.4 is 5.32 Å². The topological polar surface area (TPSA) is 58.0 Å². The SMILES string of the molecule is Oc1ccccc1Nc1nc(Cl)cc(Cl)n1. The molecule has 1 heterocycles. The van der Waals surface area contributed by atoms with E-state index in [1.165, 1.54) is 6.07 Å². The fourth-order valence-electron chi connectivity index (χ4n) is 1.15. The fraction of sp³-hybridized carbons (Fsp3) is 0. The number of halogens is 2. The van der Waals surface area contributed by atoms with Gasteiger partial charge in [-0.2, -0.15) is 0 Å². The second kappa shape index (κ2) is 4.55. The molecule has 0 unspecified atom stereocenters. The van der Waals surface area contributed by atoms with Gasteiger partial charge in [-0.25, -0.2) is 9.97 Å². The molecule has 6 heteroatoms. The molecule has 82 valence electrons. The normalized spacial score (nSPS) is 10.1. The lowest BCUT2D eigenvalue weighted by molar-refractivity contribution is 0.477. The molecule has 0 aliphatic rings. The Kier molecular flexibility index (Phi) is 3.12. The quantitative estimate of drug-likeness (QED) is 0.639. The van der Waals surface area contributed by atoms with Crippen LogP contribution in [-0.2, 0) is 0 Å². The lowest BCUT2D eigenvalue weighted by atomic mass is 10.3. The van der Waals surface area contributed by atoms with Crippen LogP contribution in [0, 0.1) is 0 Å². The third-order valence-electron chi connectivity index (χ3n) is 1.81. The Morgan fingerprint density at radius 2 is 1.69 bits per heavy atom. The summed E-state index contributed by atoms with van der Waals surface area (Å²) in [6.45, 7) is 0. The van der Waals surface area contributed by atoms with E-state index in [2.05, 4.69) is 15.3 Å². The highest BCUT2D eigenvalue weighted by atomic mass is 35.5. The van der Waals surface area contributed by atoms with Crippen molar-refractivity contribution in [3.63, 3.8) is 0 Å². The summed E-state index contributed by atoms with van der Waals surface area (Å²) in [7, 11) is 0. The Labute approximate surface area is 102 Å². The monoisotopic (exact) mass is 255 g/mol. The molecule has 2 N–H and O–H groups in total. The molecule has 0 amide bonds. The van der Waals surface area contributed by atoms with Crippen molar-refractivity contribution >= 4 is 34.8 Å². The third-order valence-corrected chi connectivity index (χ3v) is 2.20. The lowest BCUT2D eigenvalue weighted by Crippen LogP contribution is -1.97. The molecule has 0 saturated carbocycles. The van der Waals surface area contributed by atoms with Crippen LogP contribution in [0.2, 0.25) is 10.3 Å². The highest BCUT2D eigenvalue weighted by Gasteiger charge is 2.04. The van der Waals surface area contributed by atoms with E-state index in [4.69, 9.17) is 23.2 Å². The van der Waals surface area contributed by atoms with Gasteiger partial charge in [-0.15, -0.1) is 0 Å². The van der Waals surface area contributed by atoms with E-state index in [1.807, 2.05) is 0 Å². The summed E-state index contributed by atoms with van der Waals surface area (Å²) < 4.78 is 0. The Balaban J connectivity index is 2.30. The highest BCUT2D eigenvalue weighted by Crippen LogP contribution is 2.25. The third kappa shape index (κ3) is 2.53. The minimum absolute atomic E-state index is 0.0993. The molecule has 0 aliphatic carbocycles. The van der Waals surface area contributed by atoms with Crippen LogP contribution in [0.3, 0.4) is 0 Å². The molecule has 0 bridgehead atoms. The van der Waals surface area contributed by atoms with Gasteiger partial charge in [-0.3, -0.25) is 0 Å². The molecule has 0 spiro atoms. The number of anilines is 2. The second-order valence-electron chi connectivity index (χ2n) is 2.98. The van der Waals surface area contributed by atoms with Crippen molar-refractivity contribution in [2.45, 2.75) is 0 Å². The first kappa shape index (κ1) is 11.0. The molecular formula is C10H7Cl2N3O. The zero-order chi connectivity index (χ0) is 11.5. The lowest BCUT2D eigenvalue weighted by Gasteiger charge is -2.06. The molecule has 0 atom stereocenters. The van der Waals surface area contributed by atoms with Crippen LogP contribution in [0.4, 0.5) is 11.6 Å². The van der Waals surface area contributed by atoms with Gasteiger partial charge in [0.05, 0.1) is 5.69 Å². The molecule has 4 nitrogen and oxygen atoms in total. The molecule has 2 rings (SSSR count). The minimum Gasteiger partial charge on any atom is -0.506 e. The molecule has 1 aromatic heterocycles. The average Bonchev–Trinajstić information content (AvgIpc) is 2.20. The first-order valence-electron chi connectivity index (χ1n) is 4.40. The van der Waals surface area contributed by atoms with E-state index < -0.39 is 0 Å². The number of nitrogens with zero attached hydrogens (tertiary/aromatic N) is 2.